The predicted molar refractivity (Wildman–Crippen MR) is 114 cm³/mol. The number of nitrogens with two attached hydrogens (primary N) is 1. The monoisotopic (exact) mass is 451 g/mol. The fourth-order valence-electron chi connectivity index (χ4n) is 3.84. The van der Waals surface area contributed by atoms with Gasteiger partial charge in [-0.2, -0.15) is 13.4 Å². The van der Waals surface area contributed by atoms with E-state index in [0.29, 0.717) is 12.5 Å². The molecular formula is C20H26FN5O4S. The average Bonchev–Trinajstić information content (AvgIpc) is 2.94. The number of aromatic nitrogens is 2. The largest absolute Gasteiger partial charge is 0.476 e. The van der Waals surface area contributed by atoms with Crippen LogP contribution in [0.1, 0.15) is 44.5 Å². The Balaban J connectivity index is 2.05. The Morgan fingerprint density at radius 3 is 2.68 bits per heavy atom. The Bertz CT molecular complexity index is 1110. The molecule has 2 aromatic rings. The van der Waals surface area contributed by atoms with Gasteiger partial charge in [0.15, 0.2) is 10.8 Å². The number of rotatable bonds is 6. The number of carbonyl (C=O) groups excluding carboxylic acids is 1. The number of nitrogens with one attached hydrogen (secondary N) is 1. The Kier molecular flexibility index (Phi) is 6.08. The molecule has 2 aromatic heterocycles. The van der Waals surface area contributed by atoms with Gasteiger partial charge in [0.2, 0.25) is 0 Å². The van der Waals surface area contributed by atoms with Crippen LogP contribution in [0, 0.1) is 11.7 Å². The van der Waals surface area contributed by atoms with Crippen molar-refractivity contribution < 1.29 is 22.3 Å². The fourth-order valence-corrected chi connectivity index (χ4v) is 4.78. The molecule has 0 aromatic carbocycles. The van der Waals surface area contributed by atoms with Crippen LogP contribution >= 0.6 is 0 Å². The molecule has 1 saturated heterocycles. The topological polar surface area (TPSA) is 128 Å². The molecule has 9 nitrogen and oxygen atoms in total. The van der Waals surface area contributed by atoms with E-state index >= 15 is 0 Å². The maximum atomic E-state index is 14.6. The van der Waals surface area contributed by atoms with E-state index in [4.69, 9.17) is 10.5 Å². The van der Waals surface area contributed by atoms with Crippen molar-refractivity contribution in [3.05, 3.63) is 35.6 Å². The first-order valence-corrected chi connectivity index (χ1v) is 11.3. The van der Waals surface area contributed by atoms with Gasteiger partial charge < -0.3 is 15.4 Å². The Morgan fingerprint density at radius 1 is 1.39 bits per heavy atom. The molecule has 0 radical (unpaired) electrons. The second kappa shape index (κ2) is 8.29. The van der Waals surface area contributed by atoms with Crippen LogP contribution in [0.2, 0.25) is 0 Å². The van der Waals surface area contributed by atoms with Gasteiger partial charge in [-0.3, -0.25) is 4.79 Å². The summed E-state index contributed by atoms with van der Waals surface area (Å²) in [5.74, 6) is -1.69. The maximum absolute atomic E-state index is 14.6. The smallest absolute Gasteiger partial charge is 0.281 e. The zero-order valence-corrected chi connectivity index (χ0v) is 18.7. The summed E-state index contributed by atoms with van der Waals surface area (Å²) in [4.78, 5) is 22.8. The maximum Gasteiger partial charge on any atom is 0.281 e. The van der Waals surface area contributed by atoms with Crippen molar-refractivity contribution >= 4 is 27.6 Å². The van der Waals surface area contributed by atoms with Crippen LogP contribution in [0.5, 0.6) is 5.88 Å². The summed E-state index contributed by atoms with van der Waals surface area (Å²) in [6.07, 6.45) is 0.822. The van der Waals surface area contributed by atoms with Crippen LogP contribution in [-0.4, -0.2) is 43.0 Å². The van der Waals surface area contributed by atoms with Crippen molar-refractivity contribution in [2.45, 2.75) is 44.7 Å². The van der Waals surface area contributed by atoms with Gasteiger partial charge in [0.05, 0.1) is 12.2 Å². The SMILES string of the molecule is CCOc1nc(N2C[C@@H](C)CC2(C)C)c(C(=O)NS(=O)(=O)c2cccc(N)n2)cc1F. The first-order valence-electron chi connectivity index (χ1n) is 9.85. The van der Waals surface area contributed by atoms with E-state index in [0.717, 1.165) is 12.5 Å². The number of sulfonamides is 1. The van der Waals surface area contributed by atoms with Crippen molar-refractivity contribution in [3.8, 4) is 5.88 Å². The van der Waals surface area contributed by atoms with E-state index in [1.54, 1.807) is 6.92 Å². The quantitative estimate of drug-likeness (QED) is 0.685. The van der Waals surface area contributed by atoms with Gasteiger partial charge in [-0.15, -0.1) is 0 Å². The molecule has 1 aliphatic rings. The molecule has 168 valence electrons. The molecule has 3 heterocycles. The van der Waals surface area contributed by atoms with E-state index in [9.17, 15) is 17.6 Å². The van der Waals surface area contributed by atoms with E-state index in [-0.39, 0.29) is 35.2 Å². The number of pyridine rings is 2. The highest BCUT2D eigenvalue weighted by Gasteiger charge is 2.40. The van der Waals surface area contributed by atoms with Gasteiger partial charge in [0.25, 0.3) is 21.8 Å². The molecule has 1 amide bonds. The normalized spacial score (nSPS) is 18.1. The van der Waals surface area contributed by atoms with Crippen molar-refractivity contribution in [2.75, 3.05) is 23.8 Å². The molecule has 0 bridgehead atoms. The lowest BCUT2D eigenvalue weighted by Crippen LogP contribution is -2.41. The summed E-state index contributed by atoms with van der Waals surface area (Å²) in [5.41, 5.74) is 4.95. The number of hydrogen-bond acceptors (Lipinski definition) is 8. The molecule has 0 aliphatic carbocycles. The van der Waals surface area contributed by atoms with E-state index in [2.05, 4.69) is 16.9 Å². The molecule has 0 saturated carbocycles. The molecule has 11 heteroatoms. The number of nitrogen functional groups attached to an aromatic ring is 1. The van der Waals surface area contributed by atoms with Crippen molar-refractivity contribution in [1.29, 1.82) is 0 Å². The standard InChI is InChI=1S/C20H26FN5O4S/c1-5-30-19-14(21)9-13(17(24-19)26-11-12(2)10-20(26,3)4)18(27)25-31(28,29)16-8-6-7-15(22)23-16/h6-9,12H,5,10-11H2,1-4H3,(H2,22,23)(H,25,27)/t12-/m0/s1. The van der Waals surface area contributed by atoms with Crippen LogP contribution in [-0.2, 0) is 10.0 Å². The van der Waals surface area contributed by atoms with Crippen LogP contribution in [0.15, 0.2) is 29.3 Å². The van der Waals surface area contributed by atoms with E-state index in [1.165, 1.54) is 18.2 Å². The van der Waals surface area contributed by atoms with Crippen LogP contribution in [0.25, 0.3) is 0 Å². The summed E-state index contributed by atoms with van der Waals surface area (Å²) in [6.45, 7) is 8.47. The lowest BCUT2D eigenvalue weighted by Gasteiger charge is -2.34. The van der Waals surface area contributed by atoms with Crippen LogP contribution < -0.4 is 20.1 Å². The summed E-state index contributed by atoms with van der Waals surface area (Å²) in [7, 11) is -4.33. The molecule has 0 spiro atoms. The summed E-state index contributed by atoms with van der Waals surface area (Å²) in [6, 6.07) is 4.97. The third-order valence-electron chi connectivity index (χ3n) is 5.03. The number of hydrogen-bond donors (Lipinski definition) is 2. The average molecular weight is 452 g/mol. The first-order chi connectivity index (χ1) is 14.4. The molecule has 31 heavy (non-hydrogen) atoms. The molecule has 0 unspecified atom stereocenters. The highest BCUT2D eigenvalue weighted by Crippen LogP contribution is 2.38. The molecule has 3 N–H and O–H groups in total. The minimum atomic E-state index is -4.33. The summed E-state index contributed by atoms with van der Waals surface area (Å²) in [5, 5.41) is -0.420. The fraction of sp³-hybridized carbons (Fsp3) is 0.450. The van der Waals surface area contributed by atoms with Crippen LogP contribution in [0.4, 0.5) is 16.0 Å². The summed E-state index contributed by atoms with van der Waals surface area (Å²) < 4.78 is 47.0. The molecule has 1 fully saturated rings. The number of amides is 1. The second-order valence-corrected chi connectivity index (χ2v) is 9.78. The minimum absolute atomic E-state index is 0.0161. The van der Waals surface area contributed by atoms with Gasteiger partial charge >= 0.3 is 0 Å². The van der Waals surface area contributed by atoms with Gasteiger partial charge in [-0.1, -0.05) is 13.0 Å². The zero-order valence-electron chi connectivity index (χ0n) is 17.8. The Morgan fingerprint density at radius 2 is 2.10 bits per heavy atom. The van der Waals surface area contributed by atoms with Crippen molar-refractivity contribution in [2.24, 2.45) is 5.92 Å². The van der Waals surface area contributed by atoms with Gasteiger partial charge in [0, 0.05) is 12.1 Å². The number of halogens is 1. The van der Waals surface area contributed by atoms with E-state index < -0.39 is 26.8 Å². The third-order valence-corrected chi connectivity index (χ3v) is 6.26. The molecule has 3 rings (SSSR count). The molecular weight excluding hydrogens is 425 g/mol. The number of nitrogens with zero attached hydrogens (tertiary/aromatic N) is 3. The highest BCUT2D eigenvalue weighted by atomic mass is 32.2. The predicted octanol–water partition coefficient (Wildman–Crippen LogP) is 2.34. The second-order valence-electron chi connectivity index (χ2n) is 8.15. The van der Waals surface area contributed by atoms with Crippen molar-refractivity contribution in [3.63, 3.8) is 0 Å². The minimum Gasteiger partial charge on any atom is -0.476 e. The number of ether oxygens (including phenoxy) is 1. The van der Waals surface area contributed by atoms with Crippen LogP contribution in [0.3, 0.4) is 0 Å². The summed E-state index contributed by atoms with van der Waals surface area (Å²) >= 11 is 0. The van der Waals surface area contributed by atoms with Gasteiger partial charge in [-0.25, -0.2) is 14.1 Å². The van der Waals surface area contributed by atoms with E-state index in [1.807, 2.05) is 23.5 Å². The zero-order chi connectivity index (χ0) is 23.0. The van der Waals surface area contributed by atoms with Crippen molar-refractivity contribution in [1.82, 2.24) is 14.7 Å². The molecule has 1 atom stereocenters. The van der Waals surface area contributed by atoms with Gasteiger partial charge in [-0.05, 0) is 51.3 Å². The molecule has 1 aliphatic heterocycles. The third kappa shape index (κ3) is 4.71. The number of carbonyl (C=O) groups is 1. The van der Waals surface area contributed by atoms with Gasteiger partial charge in [0.1, 0.15) is 11.6 Å². The lowest BCUT2D eigenvalue weighted by atomic mass is 9.97. The number of anilines is 2. The Labute approximate surface area is 180 Å². The first kappa shape index (κ1) is 22.7. The lowest BCUT2D eigenvalue weighted by molar-refractivity contribution is 0.0980. The highest BCUT2D eigenvalue weighted by molar-refractivity contribution is 7.90. The Hall–Kier alpha value is -2.95.